The van der Waals surface area contributed by atoms with Crippen molar-refractivity contribution in [1.82, 2.24) is 5.32 Å². The summed E-state index contributed by atoms with van der Waals surface area (Å²) in [5.74, 6) is 0.183. The van der Waals surface area contributed by atoms with Crippen LogP contribution in [0.2, 0.25) is 0 Å². The largest absolute Gasteiger partial charge is 0.317 e. The summed E-state index contributed by atoms with van der Waals surface area (Å²) >= 11 is 1.82. The van der Waals surface area contributed by atoms with Gasteiger partial charge in [-0.3, -0.25) is 9.79 Å². The Morgan fingerprint density at radius 1 is 1.33 bits per heavy atom. The van der Waals surface area contributed by atoms with Crippen LogP contribution in [-0.4, -0.2) is 17.6 Å². The number of amides is 1. The number of hydrogen-bond acceptors (Lipinski definition) is 3. The number of allylic oxidation sites excluding steroid dienone is 1. The van der Waals surface area contributed by atoms with Gasteiger partial charge in [0.1, 0.15) is 5.37 Å². The topological polar surface area (TPSA) is 41.5 Å². The molecule has 2 unspecified atom stereocenters. The number of carbonyl (C=O) groups excluding carboxylic acids is 1. The van der Waals surface area contributed by atoms with Gasteiger partial charge in [0.05, 0.1) is 12.3 Å². The van der Waals surface area contributed by atoms with Crippen molar-refractivity contribution in [2.24, 2.45) is 10.9 Å². The Labute approximate surface area is 93.4 Å². The summed E-state index contributed by atoms with van der Waals surface area (Å²) in [6.07, 6.45) is 7.64. The molecule has 3 aliphatic rings. The smallest absolute Gasteiger partial charge is 0.235 e. The summed E-state index contributed by atoms with van der Waals surface area (Å²) in [5, 5.41) is 2.87. The van der Waals surface area contributed by atoms with Crippen LogP contribution in [0.25, 0.3) is 0 Å². The van der Waals surface area contributed by atoms with Crippen molar-refractivity contribution in [3.8, 4) is 0 Å². The van der Waals surface area contributed by atoms with Crippen LogP contribution in [0.1, 0.15) is 32.1 Å². The van der Waals surface area contributed by atoms with E-state index in [0.29, 0.717) is 0 Å². The molecule has 0 bridgehead atoms. The van der Waals surface area contributed by atoms with Crippen molar-refractivity contribution in [3.05, 3.63) is 10.5 Å². The highest BCUT2D eigenvalue weighted by Gasteiger charge is 2.41. The molecule has 0 radical (unpaired) electrons. The Hall–Kier alpha value is -0.770. The molecule has 0 aromatic heterocycles. The molecule has 0 saturated heterocycles. The summed E-state index contributed by atoms with van der Waals surface area (Å²) < 4.78 is 0. The quantitative estimate of drug-likeness (QED) is 0.681. The molecule has 1 amide bonds. The third kappa shape index (κ3) is 1.51. The van der Waals surface area contributed by atoms with Gasteiger partial charge in [0.15, 0.2) is 0 Å². The maximum absolute atomic E-state index is 11.8. The predicted molar refractivity (Wildman–Crippen MR) is 61.6 cm³/mol. The highest BCUT2D eigenvalue weighted by molar-refractivity contribution is 8.04. The first-order chi connectivity index (χ1) is 7.36. The van der Waals surface area contributed by atoms with Gasteiger partial charge in [-0.15, -0.1) is 11.8 Å². The van der Waals surface area contributed by atoms with Gasteiger partial charge in [-0.1, -0.05) is 6.42 Å². The van der Waals surface area contributed by atoms with E-state index in [-0.39, 0.29) is 17.2 Å². The first-order valence-electron chi connectivity index (χ1n) is 5.57. The first-order valence-corrected chi connectivity index (χ1v) is 6.45. The fourth-order valence-electron chi connectivity index (χ4n) is 2.60. The van der Waals surface area contributed by atoms with Gasteiger partial charge in [-0.25, -0.2) is 0 Å². The van der Waals surface area contributed by atoms with E-state index in [1.807, 2.05) is 11.8 Å². The number of nitrogens with one attached hydrogen (secondary N) is 1. The Morgan fingerprint density at radius 3 is 3.13 bits per heavy atom. The van der Waals surface area contributed by atoms with E-state index in [1.54, 1.807) is 6.34 Å². The molecule has 15 heavy (non-hydrogen) atoms. The molecule has 1 aliphatic carbocycles. The molecule has 0 saturated carbocycles. The molecule has 2 heterocycles. The molecule has 0 spiro atoms. The van der Waals surface area contributed by atoms with E-state index >= 15 is 0 Å². The van der Waals surface area contributed by atoms with Gasteiger partial charge in [0.25, 0.3) is 0 Å². The van der Waals surface area contributed by atoms with E-state index < -0.39 is 0 Å². The van der Waals surface area contributed by atoms with E-state index in [1.165, 1.54) is 29.7 Å². The third-order valence-electron chi connectivity index (χ3n) is 3.34. The van der Waals surface area contributed by atoms with E-state index in [0.717, 1.165) is 12.8 Å². The van der Waals surface area contributed by atoms with Crippen LogP contribution in [0.15, 0.2) is 15.5 Å². The minimum atomic E-state index is 0.0353. The molecule has 2 atom stereocenters. The fourth-order valence-corrected chi connectivity index (χ4v) is 4.08. The maximum Gasteiger partial charge on any atom is 0.235 e. The molecule has 0 aromatic carbocycles. The molecule has 0 aromatic rings. The summed E-state index contributed by atoms with van der Waals surface area (Å²) in [6, 6.07) is 0. The zero-order chi connectivity index (χ0) is 10.3. The SMILES string of the molecule is O=C1NC=NC2SC3=C(CCCCC3)C12. The number of rotatable bonds is 0. The van der Waals surface area contributed by atoms with Crippen molar-refractivity contribution in [1.29, 1.82) is 0 Å². The zero-order valence-electron chi connectivity index (χ0n) is 8.53. The number of nitrogens with zero attached hydrogens (tertiary/aromatic N) is 1. The van der Waals surface area contributed by atoms with Crippen molar-refractivity contribution in [3.63, 3.8) is 0 Å². The van der Waals surface area contributed by atoms with Gasteiger partial charge < -0.3 is 5.32 Å². The van der Waals surface area contributed by atoms with Crippen LogP contribution >= 0.6 is 11.8 Å². The van der Waals surface area contributed by atoms with Crippen molar-refractivity contribution in [2.75, 3.05) is 0 Å². The lowest BCUT2D eigenvalue weighted by atomic mass is 9.93. The predicted octanol–water partition coefficient (Wildman–Crippen LogP) is 2.05. The maximum atomic E-state index is 11.8. The highest BCUT2D eigenvalue weighted by Crippen LogP contribution is 2.48. The molecule has 3 rings (SSSR count). The highest BCUT2D eigenvalue weighted by atomic mass is 32.2. The lowest BCUT2D eigenvalue weighted by Gasteiger charge is -2.21. The Morgan fingerprint density at radius 2 is 2.20 bits per heavy atom. The number of fused-ring (bicyclic) bond motifs is 2. The Bertz CT molecular complexity index is 362. The molecule has 1 N–H and O–H groups in total. The molecule has 80 valence electrons. The van der Waals surface area contributed by atoms with Gasteiger partial charge in [0, 0.05) is 0 Å². The molecule has 2 aliphatic heterocycles. The first kappa shape index (κ1) is 9.46. The van der Waals surface area contributed by atoms with E-state index in [4.69, 9.17) is 0 Å². The van der Waals surface area contributed by atoms with Crippen LogP contribution in [0.3, 0.4) is 0 Å². The lowest BCUT2D eigenvalue weighted by molar-refractivity contribution is -0.122. The van der Waals surface area contributed by atoms with Gasteiger partial charge in [0.2, 0.25) is 5.91 Å². The van der Waals surface area contributed by atoms with Gasteiger partial charge >= 0.3 is 0 Å². The summed E-state index contributed by atoms with van der Waals surface area (Å²) in [7, 11) is 0. The molecular formula is C11H14N2OS. The van der Waals surface area contributed by atoms with Gasteiger partial charge in [-0.05, 0) is 36.2 Å². The normalized spacial score (nSPS) is 34.5. The number of carbonyl (C=O) groups is 1. The van der Waals surface area contributed by atoms with E-state index in [2.05, 4.69) is 10.3 Å². The summed E-state index contributed by atoms with van der Waals surface area (Å²) in [5.41, 5.74) is 1.39. The van der Waals surface area contributed by atoms with Crippen molar-refractivity contribution >= 4 is 24.0 Å². The van der Waals surface area contributed by atoms with Crippen LogP contribution < -0.4 is 5.32 Å². The number of thioether (sulfide) groups is 1. The summed E-state index contributed by atoms with van der Waals surface area (Å²) in [4.78, 5) is 17.6. The molecule has 4 heteroatoms. The zero-order valence-corrected chi connectivity index (χ0v) is 9.35. The third-order valence-corrected chi connectivity index (χ3v) is 4.73. The second-order valence-electron chi connectivity index (χ2n) is 4.28. The molecular weight excluding hydrogens is 208 g/mol. The van der Waals surface area contributed by atoms with Crippen LogP contribution in [0, 0.1) is 5.92 Å². The average molecular weight is 222 g/mol. The minimum Gasteiger partial charge on any atom is -0.317 e. The Balaban J connectivity index is 1.94. The van der Waals surface area contributed by atoms with Crippen LogP contribution in [0.4, 0.5) is 0 Å². The molecule has 3 nitrogen and oxygen atoms in total. The van der Waals surface area contributed by atoms with Gasteiger partial charge in [-0.2, -0.15) is 0 Å². The Kier molecular flexibility index (Phi) is 2.31. The minimum absolute atomic E-state index is 0.0353. The number of hydrogen-bond donors (Lipinski definition) is 1. The lowest BCUT2D eigenvalue weighted by Crippen LogP contribution is -2.38. The van der Waals surface area contributed by atoms with Crippen molar-refractivity contribution < 1.29 is 4.79 Å². The monoisotopic (exact) mass is 222 g/mol. The standard InChI is InChI=1S/C11H14N2OS/c14-10-9-7-4-2-1-3-5-8(7)15-11(9)13-6-12-10/h6,9,11H,1-5H2,(H,12,13,14). The number of aliphatic imine (C=N–C) groups is 1. The van der Waals surface area contributed by atoms with Crippen LogP contribution in [0.5, 0.6) is 0 Å². The van der Waals surface area contributed by atoms with Crippen LogP contribution in [-0.2, 0) is 4.79 Å². The second kappa shape index (κ2) is 3.67. The molecule has 0 fully saturated rings. The average Bonchev–Trinajstić information content (AvgIpc) is 2.43. The summed E-state index contributed by atoms with van der Waals surface area (Å²) in [6.45, 7) is 0. The van der Waals surface area contributed by atoms with E-state index in [9.17, 15) is 4.79 Å². The van der Waals surface area contributed by atoms with Crippen molar-refractivity contribution in [2.45, 2.75) is 37.5 Å². The fraction of sp³-hybridized carbons (Fsp3) is 0.636. The second-order valence-corrected chi connectivity index (χ2v) is 5.49.